The highest BCUT2D eigenvalue weighted by Crippen LogP contribution is 2.22. The van der Waals surface area contributed by atoms with Crippen molar-refractivity contribution in [1.82, 2.24) is 25.5 Å². The van der Waals surface area contributed by atoms with Crippen LogP contribution < -0.4 is 10.6 Å². The third kappa shape index (κ3) is 4.98. The number of hydrogen-bond donors (Lipinski definition) is 3. The predicted molar refractivity (Wildman–Crippen MR) is 114 cm³/mol. The molecule has 2 aliphatic rings. The van der Waals surface area contributed by atoms with Gasteiger partial charge in [0.15, 0.2) is 6.61 Å². The molecule has 182 valence electrons. The average molecular weight is 475 g/mol. The minimum Gasteiger partial charge on any atom is -0.479 e. The Bertz CT molecular complexity index is 1000. The van der Waals surface area contributed by atoms with Crippen LogP contribution in [0.1, 0.15) is 25.5 Å². The van der Waals surface area contributed by atoms with Crippen molar-refractivity contribution in [3.63, 3.8) is 0 Å². The largest absolute Gasteiger partial charge is 0.479 e. The lowest BCUT2D eigenvalue weighted by Gasteiger charge is -2.43. The summed E-state index contributed by atoms with van der Waals surface area (Å²) in [5.74, 6) is -4.43. The number of aliphatic carboxylic acids is 1. The first-order valence-corrected chi connectivity index (χ1v) is 10.6. The van der Waals surface area contributed by atoms with Gasteiger partial charge >= 0.3 is 23.8 Å². The number of imide groups is 1. The Kier molecular flexibility index (Phi) is 7.46. The van der Waals surface area contributed by atoms with Gasteiger partial charge in [-0.2, -0.15) is 0 Å². The molecular formula is C21H25N5O8. The zero-order valence-electron chi connectivity index (χ0n) is 18.6. The zero-order valence-corrected chi connectivity index (χ0v) is 18.6. The van der Waals surface area contributed by atoms with Crippen molar-refractivity contribution in [2.75, 3.05) is 26.2 Å². The van der Waals surface area contributed by atoms with E-state index in [1.165, 1.54) is 4.90 Å². The lowest BCUT2D eigenvalue weighted by molar-refractivity contribution is -0.233. The molecule has 13 nitrogen and oxygen atoms in total. The SMILES string of the molecule is CCN1CCN(C(=O)N[C@@H](C(=O)N[C@@H]2C(=O)N(OCC(=O)O)[C@H]2C)c2ccccc2)C(=O)C1=O. The molecule has 0 aliphatic carbocycles. The summed E-state index contributed by atoms with van der Waals surface area (Å²) in [4.78, 5) is 80.3. The van der Waals surface area contributed by atoms with Gasteiger partial charge in [0.25, 0.3) is 5.91 Å². The summed E-state index contributed by atoms with van der Waals surface area (Å²) in [6.07, 6.45) is 0. The molecule has 0 aromatic heterocycles. The monoisotopic (exact) mass is 475 g/mol. The van der Waals surface area contributed by atoms with Crippen molar-refractivity contribution < 1.29 is 38.7 Å². The fourth-order valence-electron chi connectivity index (χ4n) is 3.64. The lowest BCUT2D eigenvalue weighted by Crippen LogP contribution is -2.70. The molecule has 1 aromatic carbocycles. The summed E-state index contributed by atoms with van der Waals surface area (Å²) >= 11 is 0. The van der Waals surface area contributed by atoms with Gasteiger partial charge in [-0.1, -0.05) is 30.3 Å². The number of benzene rings is 1. The van der Waals surface area contributed by atoms with Crippen molar-refractivity contribution in [2.24, 2.45) is 0 Å². The smallest absolute Gasteiger partial charge is 0.332 e. The maximum Gasteiger partial charge on any atom is 0.332 e. The molecule has 13 heteroatoms. The molecule has 3 N–H and O–H groups in total. The molecule has 0 bridgehead atoms. The fraction of sp³-hybridized carbons (Fsp3) is 0.429. The van der Waals surface area contributed by atoms with Crippen LogP contribution in [0.15, 0.2) is 30.3 Å². The Hall–Kier alpha value is -4.00. The number of carboxylic acid groups (broad SMARTS) is 1. The van der Waals surface area contributed by atoms with Crippen LogP contribution in [0.2, 0.25) is 0 Å². The van der Waals surface area contributed by atoms with E-state index in [0.29, 0.717) is 12.1 Å². The number of rotatable bonds is 8. The van der Waals surface area contributed by atoms with Gasteiger partial charge < -0.3 is 20.6 Å². The van der Waals surface area contributed by atoms with E-state index < -0.39 is 60.4 Å². The first-order valence-electron chi connectivity index (χ1n) is 10.6. The van der Waals surface area contributed by atoms with Crippen LogP contribution in [0.4, 0.5) is 4.79 Å². The van der Waals surface area contributed by atoms with Crippen molar-refractivity contribution in [1.29, 1.82) is 0 Å². The number of likely N-dealkylation sites (N-methyl/N-ethyl adjacent to an activating group) is 1. The molecule has 3 atom stereocenters. The average Bonchev–Trinajstić information content (AvgIpc) is 2.82. The summed E-state index contributed by atoms with van der Waals surface area (Å²) in [5.41, 5.74) is 0.387. The van der Waals surface area contributed by atoms with Gasteiger partial charge in [0.1, 0.15) is 12.1 Å². The Morgan fingerprint density at radius 3 is 2.38 bits per heavy atom. The highest BCUT2D eigenvalue weighted by atomic mass is 16.7. The maximum absolute atomic E-state index is 13.1. The Morgan fingerprint density at radius 2 is 1.79 bits per heavy atom. The molecule has 0 radical (unpaired) electrons. The maximum atomic E-state index is 13.1. The van der Waals surface area contributed by atoms with Crippen LogP contribution in [-0.2, 0) is 28.8 Å². The zero-order chi connectivity index (χ0) is 25.0. The Balaban J connectivity index is 1.71. The number of nitrogens with zero attached hydrogens (tertiary/aromatic N) is 3. The number of urea groups is 1. The fourth-order valence-corrected chi connectivity index (χ4v) is 3.64. The highest BCUT2D eigenvalue weighted by Gasteiger charge is 2.48. The summed E-state index contributed by atoms with van der Waals surface area (Å²) in [6.45, 7) is 3.04. The Morgan fingerprint density at radius 1 is 1.12 bits per heavy atom. The number of carboxylic acids is 1. The first-order chi connectivity index (χ1) is 16.1. The molecule has 1 aromatic rings. The van der Waals surface area contributed by atoms with Gasteiger partial charge in [0.2, 0.25) is 5.91 Å². The number of carbonyl (C=O) groups excluding carboxylic acids is 5. The third-order valence-corrected chi connectivity index (χ3v) is 5.56. The molecule has 3 rings (SSSR count). The van der Waals surface area contributed by atoms with E-state index in [9.17, 15) is 28.8 Å². The van der Waals surface area contributed by atoms with Crippen LogP contribution in [0.25, 0.3) is 0 Å². The quantitative estimate of drug-likeness (QED) is 0.313. The molecule has 2 aliphatic heterocycles. The number of carbonyl (C=O) groups is 6. The van der Waals surface area contributed by atoms with E-state index in [1.807, 2.05) is 0 Å². The van der Waals surface area contributed by atoms with Gasteiger partial charge in [0.05, 0.1) is 6.04 Å². The van der Waals surface area contributed by atoms with E-state index >= 15 is 0 Å². The van der Waals surface area contributed by atoms with Gasteiger partial charge in [-0.25, -0.2) is 14.7 Å². The first kappa shape index (κ1) is 24.6. The molecule has 34 heavy (non-hydrogen) atoms. The minimum atomic E-state index is -1.27. The van der Waals surface area contributed by atoms with Crippen molar-refractivity contribution in [2.45, 2.75) is 32.0 Å². The van der Waals surface area contributed by atoms with Gasteiger partial charge in [-0.15, -0.1) is 0 Å². The second kappa shape index (κ2) is 10.3. The van der Waals surface area contributed by atoms with Gasteiger partial charge in [-0.3, -0.25) is 28.9 Å². The Labute approximate surface area is 194 Å². The topological polar surface area (TPSA) is 166 Å². The number of amides is 6. The van der Waals surface area contributed by atoms with Gasteiger partial charge in [-0.05, 0) is 19.4 Å². The van der Waals surface area contributed by atoms with Crippen LogP contribution in [-0.4, -0.2) is 93.9 Å². The summed E-state index contributed by atoms with van der Waals surface area (Å²) in [6, 6.07) is 4.34. The number of nitrogens with one attached hydrogen (secondary N) is 2. The van der Waals surface area contributed by atoms with Crippen molar-refractivity contribution in [3.8, 4) is 0 Å². The van der Waals surface area contributed by atoms with Crippen molar-refractivity contribution in [3.05, 3.63) is 35.9 Å². The van der Waals surface area contributed by atoms with E-state index in [0.717, 1.165) is 9.96 Å². The molecule has 0 saturated carbocycles. The standard InChI is InChI=1S/C21H25N5O8/c1-3-24-9-10-25(20(32)19(24)31)21(33)23-16(13-7-5-4-6-8-13)17(29)22-15-12(2)26(18(15)30)34-11-14(27)28/h4-8,12,15-16H,3,9-11H2,1-2H3,(H,22,29)(H,23,33)(H,27,28)/t12-,15-,16+/m0/s1. The summed E-state index contributed by atoms with van der Waals surface area (Å²) in [5, 5.41) is 14.5. The normalized spacial score (nSPS) is 21.1. The van der Waals surface area contributed by atoms with Crippen LogP contribution in [0, 0.1) is 0 Å². The van der Waals surface area contributed by atoms with Crippen LogP contribution in [0.3, 0.4) is 0 Å². The lowest BCUT2D eigenvalue weighted by atomic mass is 9.98. The molecule has 2 fully saturated rings. The van der Waals surface area contributed by atoms with E-state index in [4.69, 9.17) is 9.94 Å². The number of hydroxylamine groups is 2. The van der Waals surface area contributed by atoms with Crippen LogP contribution >= 0.6 is 0 Å². The van der Waals surface area contributed by atoms with Crippen LogP contribution in [0.5, 0.6) is 0 Å². The van der Waals surface area contributed by atoms with E-state index in [1.54, 1.807) is 44.2 Å². The minimum absolute atomic E-state index is 0.0264. The predicted octanol–water partition coefficient (Wildman–Crippen LogP) is -1.14. The molecule has 0 spiro atoms. The molecular weight excluding hydrogens is 450 g/mol. The van der Waals surface area contributed by atoms with Gasteiger partial charge in [0, 0.05) is 19.6 Å². The number of hydrogen-bond acceptors (Lipinski definition) is 7. The highest BCUT2D eigenvalue weighted by molar-refractivity contribution is 6.38. The van der Waals surface area contributed by atoms with E-state index in [2.05, 4.69) is 10.6 Å². The number of piperazine rings is 1. The molecule has 6 amide bonds. The summed E-state index contributed by atoms with van der Waals surface area (Å²) in [7, 11) is 0. The second-order valence-electron chi connectivity index (χ2n) is 7.69. The molecule has 0 unspecified atom stereocenters. The number of β-lactam (4-membered cyclic amide) rings is 1. The molecule has 2 saturated heterocycles. The second-order valence-corrected chi connectivity index (χ2v) is 7.69. The third-order valence-electron chi connectivity index (χ3n) is 5.56. The van der Waals surface area contributed by atoms with Crippen molar-refractivity contribution >= 4 is 35.6 Å². The summed E-state index contributed by atoms with van der Waals surface area (Å²) < 4.78 is 0. The molecule has 2 heterocycles. The van der Waals surface area contributed by atoms with E-state index in [-0.39, 0.29) is 13.1 Å².